The van der Waals surface area contributed by atoms with Crippen molar-refractivity contribution >= 4 is 11.8 Å². The Hall–Kier alpha value is -0.450. The molecular formula is C15H26N2OS. The fraction of sp³-hybridized carbons (Fsp3) is 0.733. The summed E-state index contributed by atoms with van der Waals surface area (Å²) in [5.41, 5.74) is 1.33. The average Bonchev–Trinajstić information content (AvgIpc) is 2.72. The number of hydrogen-bond donors (Lipinski definition) is 1. The lowest BCUT2D eigenvalue weighted by atomic mass is 10.1. The van der Waals surface area contributed by atoms with E-state index < -0.39 is 0 Å². The Morgan fingerprint density at radius 1 is 1.47 bits per heavy atom. The van der Waals surface area contributed by atoms with Crippen LogP contribution < -0.4 is 5.32 Å². The summed E-state index contributed by atoms with van der Waals surface area (Å²) >= 11 is 2.08. The zero-order valence-electron chi connectivity index (χ0n) is 12.5. The smallest absolute Gasteiger partial charge is 0.122 e. The van der Waals surface area contributed by atoms with Gasteiger partial charge in [-0.2, -0.15) is 11.8 Å². The summed E-state index contributed by atoms with van der Waals surface area (Å²) in [5, 5.41) is 3.43. The molecule has 0 unspecified atom stereocenters. The van der Waals surface area contributed by atoms with Crippen LogP contribution in [0.4, 0.5) is 0 Å². The van der Waals surface area contributed by atoms with E-state index in [-0.39, 0.29) is 0 Å². The molecule has 2 rings (SSSR count). The van der Waals surface area contributed by atoms with Crippen LogP contribution in [0.5, 0.6) is 0 Å². The highest BCUT2D eigenvalue weighted by Gasteiger charge is 2.27. The molecule has 0 saturated carbocycles. The molecule has 1 N–H and O–H groups in total. The van der Waals surface area contributed by atoms with E-state index in [1.807, 2.05) is 6.26 Å². The second-order valence-corrected chi connectivity index (χ2v) is 8.03. The lowest BCUT2D eigenvalue weighted by Crippen LogP contribution is -2.42. The third kappa shape index (κ3) is 4.55. The van der Waals surface area contributed by atoms with Gasteiger partial charge in [-0.05, 0) is 19.9 Å². The second kappa shape index (κ2) is 6.33. The van der Waals surface area contributed by atoms with Gasteiger partial charge in [0.05, 0.1) is 12.8 Å². The number of furan rings is 1. The third-order valence-electron chi connectivity index (χ3n) is 3.41. The van der Waals surface area contributed by atoms with Crippen LogP contribution >= 0.6 is 11.8 Å². The minimum atomic E-state index is 0.373. The minimum Gasteiger partial charge on any atom is -0.468 e. The molecule has 19 heavy (non-hydrogen) atoms. The van der Waals surface area contributed by atoms with Crippen LogP contribution in [0.2, 0.25) is 0 Å². The van der Waals surface area contributed by atoms with Gasteiger partial charge in [-0.3, -0.25) is 4.90 Å². The molecule has 1 aromatic rings. The van der Waals surface area contributed by atoms with E-state index in [0.29, 0.717) is 10.8 Å². The first-order chi connectivity index (χ1) is 8.96. The first-order valence-corrected chi connectivity index (χ1v) is 8.10. The number of nitrogens with one attached hydrogen (secondary N) is 1. The van der Waals surface area contributed by atoms with Gasteiger partial charge in [-0.1, -0.05) is 13.8 Å². The van der Waals surface area contributed by atoms with Crippen LogP contribution in [0.3, 0.4) is 0 Å². The van der Waals surface area contributed by atoms with Crippen LogP contribution in [0, 0.1) is 0 Å². The molecule has 1 fully saturated rings. The molecule has 2 heterocycles. The second-order valence-electron chi connectivity index (χ2n) is 6.22. The van der Waals surface area contributed by atoms with Crippen molar-refractivity contribution in [1.29, 1.82) is 0 Å². The number of hydrogen-bond acceptors (Lipinski definition) is 4. The monoisotopic (exact) mass is 282 g/mol. The molecule has 0 amide bonds. The molecule has 0 aromatic carbocycles. The van der Waals surface area contributed by atoms with Crippen molar-refractivity contribution in [3.63, 3.8) is 0 Å². The van der Waals surface area contributed by atoms with Gasteiger partial charge in [0.2, 0.25) is 0 Å². The summed E-state index contributed by atoms with van der Waals surface area (Å²) in [5.74, 6) is 2.31. The Kier molecular flexibility index (Phi) is 4.98. The fourth-order valence-electron chi connectivity index (χ4n) is 2.45. The predicted octanol–water partition coefficient (Wildman–Crippen LogP) is 3.11. The number of nitrogens with zero attached hydrogens (tertiary/aromatic N) is 1. The number of rotatable bonds is 5. The molecule has 108 valence electrons. The molecule has 0 spiro atoms. The van der Waals surface area contributed by atoms with Gasteiger partial charge in [0.15, 0.2) is 0 Å². The largest absolute Gasteiger partial charge is 0.468 e. The Morgan fingerprint density at radius 3 is 2.95 bits per heavy atom. The average molecular weight is 282 g/mol. The molecule has 1 aliphatic rings. The lowest BCUT2D eigenvalue weighted by molar-refractivity contribution is 0.250. The fourth-order valence-corrected chi connectivity index (χ4v) is 3.63. The summed E-state index contributed by atoms with van der Waals surface area (Å²) < 4.78 is 5.99. The maximum atomic E-state index is 5.61. The quantitative estimate of drug-likeness (QED) is 0.898. The van der Waals surface area contributed by atoms with E-state index in [1.54, 1.807) is 0 Å². The van der Waals surface area contributed by atoms with E-state index in [9.17, 15) is 0 Å². The van der Waals surface area contributed by atoms with Crippen molar-refractivity contribution in [2.45, 2.75) is 51.6 Å². The maximum absolute atomic E-state index is 5.61. The molecule has 1 aliphatic heterocycles. The topological polar surface area (TPSA) is 28.4 Å². The van der Waals surface area contributed by atoms with Gasteiger partial charge in [-0.15, -0.1) is 0 Å². The van der Waals surface area contributed by atoms with Crippen LogP contribution in [-0.4, -0.2) is 34.5 Å². The van der Waals surface area contributed by atoms with Crippen molar-refractivity contribution in [2.24, 2.45) is 0 Å². The van der Waals surface area contributed by atoms with Crippen molar-refractivity contribution in [3.05, 3.63) is 23.7 Å². The molecule has 0 aliphatic carbocycles. The summed E-state index contributed by atoms with van der Waals surface area (Å²) in [6.07, 6.45) is 1.82. The van der Waals surface area contributed by atoms with Gasteiger partial charge in [0.1, 0.15) is 5.76 Å². The molecule has 3 nitrogen and oxygen atoms in total. The van der Waals surface area contributed by atoms with Crippen molar-refractivity contribution < 1.29 is 4.42 Å². The van der Waals surface area contributed by atoms with Crippen LogP contribution in [-0.2, 0) is 13.1 Å². The lowest BCUT2D eigenvalue weighted by Gasteiger charge is -2.37. The van der Waals surface area contributed by atoms with Crippen LogP contribution in [0.25, 0.3) is 0 Å². The number of thioether (sulfide) groups is 1. The van der Waals surface area contributed by atoms with Gasteiger partial charge in [-0.25, -0.2) is 0 Å². The molecule has 0 bridgehead atoms. The van der Waals surface area contributed by atoms with Gasteiger partial charge in [0, 0.05) is 41.7 Å². The Bertz CT molecular complexity index is 401. The third-order valence-corrected chi connectivity index (χ3v) is 4.70. The van der Waals surface area contributed by atoms with Gasteiger partial charge in [0.25, 0.3) is 0 Å². The molecule has 4 heteroatoms. The zero-order valence-corrected chi connectivity index (χ0v) is 13.3. The Balaban J connectivity index is 1.93. The van der Waals surface area contributed by atoms with Gasteiger partial charge < -0.3 is 9.73 Å². The van der Waals surface area contributed by atoms with Crippen LogP contribution in [0.15, 0.2) is 16.7 Å². The molecule has 1 saturated heterocycles. The summed E-state index contributed by atoms with van der Waals surface area (Å²) in [6.45, 7) is 13.2. The normalized spacial score (nSPS) is 20.1. The SMILES string of the molecule is CC(C)NCc1occc1CN1CCSC(C)(C)C1. The molecular weight excluding hydrogens is 256 g/mol. The van der Waals surface area contributed by atoms with Crippen molar-refractivity contribution in [2.75, 3.05) is 18.8 Å². The maximum Gasteiger partial charge on any atom is 0.122 e. The van der Waals surface area contributed by atoms with Crippen LogP contribution in [0.1, 0.15) is 39.0 Å². The first-order valence-electron chi connectivity index (χ1n) is 7.11. The molecule has 0 radical (unpaired) electrons. The van der Waals surface area contributed by atoms with E-state index in [1.165, 1.54) is 17.9 Å². The molecule has 0 atom stereocenters. The van der Waals surface area contributed by atoms with Crippen molar-refractivity contribution in [1.82, 2.24) is 10.2 Å². The van der Waals surface area contributed by atoms with E-state index in [0.717, 1.165) is 25.4 Å². The first kappa shape index (κ1) is 14.9. The zero-order chi connectivity index (χ0) is 13.9. The summed E-state index contributed by atoms with van der Waals surface area (Å²) in [7, 11) is 0. The van der Waals surface area contributed by atoms with Crippen molar-refractivity contribution in [3.8, 4) is 0 Å². The van der Waals surface area contributed by atoms with E-state index in [2.05, 4.69) is 55.7 Å². The Labute approximate surface area is 121 Å². The highest BCUT2D eigenvalue weighted by molar-refractivity contribution is 8.00. The highest BCUT2D eigenvalue weighted by atomic mass is 32.2. The summed E-state index contributed by atoms with van der Waals surface area (Å²) in [6, 6.07) is 2.61. The minimum absolute atomic E-state index is 0.373. The Morgan fingerprint density at radius 2 is 2.26 bits per heavy atom. The predicted molar refractivity (Wildman–Crippen MR) is 82.5 cm³/mol. The summed E-state index contributed by atoms with van der Waals surface area (Å²) in [4.78, 5) is 2.54. The molecule has 1 aromatic heterocycles. The standard InChI is InChI=1S/C15H26N2OS/c1-12(2)16-9-14-13(5-7-18-14)10-17-6-8-19-15(3,4)11-17/h5,7,12,16H,6,8-11H2,1-4H3. The van der Waals surface area contributed by atoms with E-state index >= 15 is 0 Å². The highest BCUT2D eigenvalue weighted by Crippen LogP contribution is 2.30. The van der Waals surface area contributed by atoms with E-state index in [4.69, 9.17) is 4.42 Å². The van der Waals surface area contributed by atoms with Gasteiger partial charge >= 0.3 is 0 Å².